The SMILES string of the molecule is Cc1ccc(CNCC(O)CC2(C#N)CCOCC2)c2ccccc12. The number of nitrogens with zero attached hydrogens (tertiary/aromatic N) is 1. The number of aryl methyl sites for hydroxylation is 1. The molecule has 4 heteroatoms. The smallest absolute Gasteiger partial charge is 0.0692 e. The Morgan fingerprint density at radius 2 is 1.92 bits per heavy atom. The van der Waals surface area contributed by atoms with Crippen LogP contribution in [0.1, 0.15) is 30.4 Å². The number of hydrogen-bond donors (Lipinski definition) is 2. The predicted molar refractivity (Wildman–Crippen MR) is 99.1 cm³/mol. The molecule has 0 aromatic heterocycles. The third-order valence-corrected chi connectivity index (χ3v) is 5.24. The number of ether oxygens (including phenoxy) is 1. The molecule has 3 rings (SSSR count). The van der Waals surface area contributed by atoms with Crippen molar-refractivity contribution in [3.8, 4) is 6.07 Å². The molecule has 2 N–H and O–H groups in total. The van der Waals surface area contributed by atoms with Gasteiger partial charge in [-0.3, -0.25) is 0 Å². The highest BCUT2D eigenvalue weighted by Gasteiger charge is 2.34. The Kier molecular flexibility index (Phi) is 5.70. The number of rotatable bonds is 6. The zero-order chi connectivity index (χ0) is 17.7. The first-order valence-electron chi connectivity index (χ1n) is 8.99. The Hall–Kier alpha value is -1.93. The van der Waals surface area contributed by atoms with Gasteiger partial charge in [-0.1, -0.05) is 36.4 Å². The minimum Gasteiger partial charge on any atom is -0.392 e. The molecule has 1 atom stereocenters. The van der Waals surface area contributed by atoms with Crippen molar-refractivity contribution in [3.63, 3.8) is 0 Å². The fraction of sp³-hybridized carbons (Fsp3) is 0.476. The first kappa shape index (κ1) is 17.9. The van der Waals surface area contributed by atoms with E-state index in [0.29, 0.717) is 45.6 Å². The molecule has 0 aliphatic carbocycles. The van der Waals surface area contributed by atoms with Crippen LogP contribution in [-0.4, -0.2) is 31.0 Å². The van der Waals surface area contributed by atoms with E-state index in [9.17, 15) is 10.4 Å². The van der Waals surface area contributed by atoms with Gasteiger partial charge in [-0.05, 0) is 48.1 Å². The average Bonchev–Trinajstić information content (AvgIpc) is 2.64. The first-order valence-corrected chi connectivity index (χ1v) is 8.99. The zero-order valence-electron chi connectivity index (χ0n) is 14.8. The molecule has 0 amide bonds. The van der Waals surface area contributed by atoms with E-state index in [2.05, 4.69) is 54.7 Å². The van der Waals surface area contributed by atoms with Crippen LogP contribution in [0.2, 0.25) is 0 Å². The molecule has 1 aliphatic rings. The topological polar surface area (TPSA) is 65.3 Å². The van der Waals surface area contributed by atoms with Gasteiger partial charge in [0.15, 0.2) is 0 Å². The number of aliphatic hydroxyl groups is 1. The summed E-state index contributed by atoms with van der Waals surface area (Å²) in [6.07, 6.45) is 1.41. The fourth-order valence-electron chi connectivity index (χ4n) is 3.69. The number of nitriles is 1. The van der Waals surface area contributed by atoms with Gasteiger partial charge in [-0.2, -0.15) is 5.26 Å². The summed E-state index contributed by atoms with van der Waals surface area (Å²) >= 11 is 0. The summed E-state index contributed by atoms with van der Waals surface area (Å²) in [4.78, 5) is 0. The number of aliphatic hydroxyl groups excluding tert-OH is 1. The Labute approximate surface area is 149 Å². The lowest BCUT2D eigenvalue weighted by atomic mass is 9.77. The molecule has 1 heterocycles. The van der Waals surface area contributed by atoms with Crippen LogP contribution in [0.15, 0.2) is 36.4 Å². The Morgan fingerprint density at radius 1 is 1.20 bits per heavy atom. The van der Waals surface area contributed by atoms with Crippen LogP contribution in [0.25, 0.3) is 10.8 Å². The van der Waals surface area contributed by atoms with E-state index >= 15 is 0 Å². The van der Waals surface area contributed by atoms with Crippen LogP contribution >= 0.6 is 0 Å². The highest BCUT2D eigenvalue weighted by Crippen LogP contribution is 2.34. The molecule has 1 unspecified atom stereocenters. The molecule has 1 fully saturated rings. The van der Waals surface area contributed by atoms with Crippen LogP contribution in [0.5, 0.6) is 0 Å². The summed E-state index contributed by atoms with van der Waals surface area (Å²) in [7, 11) is 0. The second-order valence-corrected chi connectivity index (χ2v) is 7.08. The first-order chi connectivity index (χ1) is 12.1. The van der Waals surface area contributed by atoms with Crippen molar-refractivity contribution in [2.24, 2.45) is 5.41 Å². The second kappa shape index (κ2) is 7.97. The molecule has 1 saturated heterocycles. The molecule has 2 aromatic rings. The lowest BCUT2D eigenvalue weighted by molar-refractivity contribution is 0.0143. The van der Waals surface area contributed by atoms with Crippen molar-refractivity contribution in [1.82, 2.24) is 5.32 Å². The van der Waals surface area contributed by atoms with E-state index in [-0.39, 0.29) is 0 Å². The van der Waals surface area contributed by atoms with Gasteiger partial charge < -0.3 is 15.2 Å². The standard InChI is InChI=1S/C21H26N2O2/c1-16-6-7-17(20-5-3-2-4-19(16)20)13-23-14-18(24)12-21(15-22)8-10-25-11-9-21/h2-7,18,23-24H,8-14H2,1H3. The van der Waals surface area contributed by atoms with Crippen molar-refractivity contribution >= 4 is 10.8 Å². The van der Waals surface area contributed by atoms with Gasteiger partial charge in [-0.15, -0.1) is 0 Å². The van der Waals surface area contributed by atoms with E-state index in [4.69, 9.17) is 4.74 Å². The molecular weight excluding hydrogens is 312 g/mol. The maximum Gasteiger partial charge on any atom is 0.0692 e. The van der Waals surface area contributed by atoms with Gasteiger partial charge >= 0.3 is 0 Å². The van der Waals surface area contributed by atoms with E-state index in [1.807, 2.05) is 0 Å². The number of hydrogen-bond acceptors (Lipinski definition) is 4. The molecule has 0 spiro atoms. The molecule has 2 aromatic carbocycles. The summed E-state index contributed by atoms with van der Waals surface area (Å²) in [5.74, 6) is 0. The fourth-order valence-corrected chi connectivity index (χ4v) is 3.69. The quantitative estimate of drug-likeness (QED) is 0.848. The zero-order valence-corrected chi connectivity index (χ0v) is 14.8. The number of benzene rings is 2. The van der Waals surface area contributed by atoms with Crippen molar-refractivity contribution in [2.75, 3.05) is 19.8 Å². The maximum absolute atomic E-state index is 10.4. The highest BCUT2D eigenvalue weighted by molar-refractivity contribution is 5.88. The summed E-state index contributed by atoms with van der Waals surface area (Å²) < 4.78 is 5.35. The van der Waals surface area contributed by atoms with E-state index in [1.54, 1.807) is 0 Å². The van der Waals surface area contributed by atoms with Gasteiger partial charge in [0.05, 0.1) is 17.6 Å². The monoisotopic (exact) mass is 338 g/mol. The molecule has 25 heavy (non-hydrogen) atoms. The third kappa shape index (κ3) is 4.19. The van der Waals surface area contributed by atoms with Gasteiger partial charge in [-0.25, -0.2) is 0 Å². The van der Waals surface area contributed by atoms with Gasteiger partial charge in [0.25, 0.3) is 0 Å². The van der Waals surface area contributed by atoms with Crippen molar-refractivity contribution in [3.05, 3.63) is 47.5 Å². The van der Waals surface area contributed by atoms with Crippen LogP contribution in [0.4, 0.5) is 0 Å². The second-order valence-electron chi connectivity index (χ2n) is 7.08. The van der Waals surface area contributed by atoms with E-state index < -0.39 is 11.5 Å². The molecule has 0 bridgehead atoms. The van der Waals surface area contributed by atoms with Gasteiger partial charge in [0.1, 0.15) is 0 Å². The maximum atomic E-state index is 10.4. The largest absolute Gasteiger partial charge is 0.392 e. The normalized spacial score (nSPS) is 18.0. The van der Waals surface area contributed by atoms with Crippen molar-refractivity contribution in [1.29, 1.82) is 5.26 Å². The summed E-state index contributed by atoms with van der Waals surface area (Å²) in [5.41, 5.74) is 2.07. The lowest BCUT2D eigenvalue weighted by Crippen LogP contribution is -2.36. The molecule has 0 saturated carbocycles. The number of nitrogens with one attached hydrogen (secondary N) is 1. The highest BCUT2D eigenvalue weighted by atomic mass is 16.5. The van der Waals surface area contributed by atoms with Crippen molar-refractivity contribution < 1.29 is 9.84 Å². The minimum absolute atomic E-state index is 0.435. The van der Waals surface area contributed by atoms with E-state index in [0.717, 1.165) is 0 Å². The predicted octanol–water partition coefficient (Wildman–Crippen LogP) is 3.31. The molecule has 4 nitrogen and oxygen atoms in total. The van der Waals surface area contributed by atoms with Gasteiger partial charge in [0.2, 0.25) is 0 Å². The van der Waals surface area contributed by atoms with E-state index in [1.165, 1.54) is 21.9 Å². The molecule has 132 valence electrons. The van der Waals surface area contributed by atoms with Crippen LogP contribution in [0.3, 0.4) is 0 Å². The average molecular weight is 338 g/mol. The summed E-state index contributed by atoms with van der Waals surface area (Å²) in [6, 6.07) is 15.1. The Morgan fingerprint density at radius 3 is 2.64 bits per heavy atom. The molecule has 0 radical (unpaired) electrons. The van der Waals surface area contributed by atoms with Crippen LogP contribution in [0, 0.1) is 23.7 Å². The Bertz CT molecular complexity index is 760. The number of fused-ring (bicyclic) bond motifs is 1. The van der Waals surface area contributed by atoms with Crippen molar-refractivity contribution in [2.45, 2.75) is 38.8 Å². The molecular formula is C21H26N2O2. The summed E-state index contributed by atoms with van der Waals surface area (Å²) in [5, 5.41) is 25.8. The Balaban J connectivity index is 1.58. The van der Waals surface area contributed by atoms with Crippen LogP contribution < -0.4 is 5.32 Å². The van der Waals surface area contributed by atoms with Gasteiger partial charge in [0, 0.05) is 26.3 Å². The summed E-state index contributed by atoms with van der Waals surface area (Å²) in [6.45, 7) is 4.55. The lowest BCUT2D eigenvalue weighted by Gasteiger charge is -2.32. The third-order valence-electron chi connectivity index (χ3n) is 5.24. The molecule has 1 aliphatic heterocycles. The minimum atomic E-state index is -0.519. The van der Waals surface area contributed by atoms with Crippen LogP contribution in [-0.2, 0) is 11.3 Å².